The molecule has 0 spiro atoms. The van der Waals surface area contributed by atoms with E-state index in [0.29, 0.717) is 29.9 Å². The molecule has 0 saturated carbocycles. The van der Waals surface area contributed by atoms with Crippen molar-refractivity contribution in [1.82, 2.24) is 4.90 Å². The van der Waals surface area contributed by atoms with Crippen LogP contribution in [0.2, 0.25) is 0 Å². The van der Waals surface area contributed by atoms with E-state index in [2.05, 4.69) is 0 Å². The van der Waals surface area contributed by atoms with Crippen LogP contribution in [0.1, 0.15) is 41.6 Å². The number of fused-ring (bicyclic) bond motifs is 2. The Labute approximate surface area is 176 Å². The predicted molar refractivity (Wildman–Crippen MR) is 112 cm³/mol. The summed E-state index contributed by atoms with van der Waals surface area (Å²) < 4.78 is 16.4. The molecule has 2 aliphatic rings. The number of piperidine rings is 1. The number of ketones is 1. The molecule has 2 aromatic carbocycles. The fraction of sp³-hybridized carbons (Fsp3) is 0.417. The maximum atomic E-state index is 13.4. The third kappa shape index (κ3) is 3.86. The van der Waals surface area contributed by atoms with Crippen molar-refractivity contribution in [2.75, 3.05) is 14.2 Å². The van der Waals surface area contributed by atoms with E-state index < -0.39 is 0 Å². The van der Waals surface area contributed by atoms with Gasteiger partial charge in [0.1, 0.15) is 23.7 Å². The third-order valence-corrected chi connectivity index (χ3v) is 6.19. The lowest BCUT2D eigenvalue weighted by Crippen LogP contribution is -2.48. The first-order valence-electron chi connectivity index (χ1n) is 10.4. The lowest BCUT2D eigenvalue weighted by atomic mass is 9.84. The van der Waals surface area contributed by atoms with Crippen LogP contribution in [0.15, 0.2) is 48.5 Å². The number of carbonyl (C=O) groups is 2. The second-order valence-electron chi connectivity index (χ2n) is 7.90. The molecule has 2 fully saturated rings. The zero-order valence-corrected chi connectivity index (χ0v) is 17.4. The molecular formula is C24H27NO5. The van der Waals surface area contributed by atoms with Gasteiger partial charge in [0, 0.05) is 18.0 Å². The summed E-state index contributed by atoms with van der Waals surface area (Å²) in [6.45, 7) is 0.260. The van der Waals surface area contributed by atoms with Gasteiger partial charge in [-0.25, -0.2) is 4.79 Å². The molecule has 30 heavy (non-hydrogen) atoms. The molecule has 2 unspecified atom stereocenters. The Hall–Kier alpha value is -3.02. The van der Waals surface area contributed by atoms with Crippen LogP contribution in [0.3, 0.4) is 0 Å². The molecule has 6 heteroatoms. The van der Waals surface area contributed by atoms with Gasteiger partial charge in [0.25, 0.3) is 0 Å². The molecule has 2 saturated heterocycles. The summed E-state index contributed by atoms with van der Waals surface area (Å²) in [6, 6.07) is 15.1. The molecule has 4 rings (SSSR count). The average Bonchev–Trinajstić information content (AvgIpc) is 3.06. The molecule has 0 radical (unpaired) electrons. The van der Waals surface area contributed by atoms with E-state index in [1.165, 1.54) is 0 Å². The lowest BCUT2D eigenvalue weighted by molar-refractivity contribution is 0.0483. The minimum Gasteiger partial charge on any atom is -0.496 e. The van der Waals surface area contributed by atoms with Crippen molar-refractivity contribution < 1.29 is 23.8 Å². The summed E-state index contributed by atoms with van der Waals surface area (Å²) in [5, 5.41) is 0. The van der Waals surface area contributed by atoms with Crippen molar-refractivity contribution in [1.29, 1.82) is 0 Å². The largest absolute Gasteiger partial charge is 0.496 e. The van der Waals surface area contributed by atoms with Crippen LogP contribution in [-0.4, -0.2) is 43.1 Å². The Kier molecular flexibility index (Phi) is 5.93. The summed E-state index contributed by atoms with van der Waals surface area (Å²) in [4.78, 5) is 28.0. The average molecular weight is 409 g/mol. The number of hydrogen-bond donors (Lipinski definition) is 0. The van der Waals surface area contributed by atoms with Gasteiger partial charge < -0.3 is 19.1 Å². The van der Waals surface area contributed by atoms with Gasteiger partial charge >= 0.3 is 6.09 Å². The molecule has 0 aliphatic carbocycles. The van der Waals surface area contributed by atoms with Crippen molar-refractivity contribution >= 4 is 11.9 Å². The Morgan fingerprint density at radius 1 is 0.900 bits per heavy atom. The molecule has 2 heterocycles. The van der Waals surface area contributed by atoms with Gasteiger partial charge in [-0.2, -0.15) is 0 Å². The SMILES string of the molecule is COc1cccc(OC)c1C(=O)C1CC2CCC(C1)N2C(=O)OCc1ccccc1. The summed E-state index contributed by atoms with van der Waals surface area (Å²) in [5.41, 5.74) is 1.46. The highest BCUT2D eigenvalue weighted by Gasteiger charge is 2.46. The number of Topliss-reactive ketones (excluding diaryl/α,β-unsaturated/α-hetero) is 1. The van der Waals surface area contributed by atoms with E-state index in [1.807, 2.05) is 41.3 Å². The molecule has 0 aromatic heterocycles. The number of rotatable bonds is 6. The van der Waals surface area contributed by atoms with Crippen molar-refractivity contribution in [3.63, 3.8) is 0 Å². The highest BCUT2D eigenvalue weighted by atomic mass is 16.6. The molecule has 6 nitrogen and oxygen atoms in total. The van der Waals surface area contributed by atoms with Crippen molar-refractivity contribution in [2.24, 2.45) is 5.92 Å². The summed E-state index contributed by atoms with van der Waals surface area (Å²) in [5.74, 6) is 0.914. The predicted octanol–water partition coefficient (Wildman–Crippen LogP) is 4.47. The second-order valence-corrected chi connectivity index (χ2v) is 7.90. The molecule has 2 bridgehead atoms. The highest BCUT2D eigenvalue weighted by molar-refractivity contribution is 6.03. The van der Waals surface area contributed by atoms with Gasteiger partial charge in [0.2, 0.25) is 0 Å². The Morgan fingerprint density at radius 2 is 1.50 bits per heavy atom. The van der Waals surface area contributed by atoms with Gasteiger partial charge in [-0.15, -0.1) is 0 Å². The number of ether oxygens (including phenoxy) is 3. The Bertz CT molecular complexity index is 877. The number of amides is 1. The second kappa shape index (κ2) is 8.78. The molecule has 2 atom stereocenters. The van der Waals surface area contributed by atoms with Gasteiger partial charge in [-0.05, 0) is 43.4 Å². The number of hydrogen-bond acceptors (Lipinski definition) is 5. The van der Waals surface area contributed by atoms with Crippen molar-refractivity contribution in [3.8, 4) is 11.5 Å². The Balaban J connectivity index is 1.45. The van der Waals surface area contributed by atoms with E-state index in [0.717, 1.165) is 18.4 Å². The van der Waals surface area contributed by atoms with Gasteiger partial charge in [-0.3, -0.25) is 4.79 Å². The highest BCUT2D eigenvalue weighted by Crippen LogP contribution is 2.42. The zero-order chi connectivity index (χ0) is 21.1. The van der Waals surface area contributed by atoms with Crippen LogP contribution < -0.4 is 9.47 Å². The molecule has 158 valence electrons. The Morgan fingerprint density at radius 3 is 2.07 bits per heavy atom. The number of benzene rings is 2. The first kappa shape index (κ1) is 20.3. The number of methoxy groups -OCH3 is 2. The minimum absolute atomic E-state index is 0.0264. The number of carbonyl (C=O) groups excluding carboxylic acids is 2. The number of nitrogens with zero attached hydrogens (tertiary/aromatic N) is 1. The fourth-order valence-electron chi connectivity index (χ4n) is 4.78. The van der Waals surface area contributed by atoms with Crippen LogP contribution >= 0.6 is 0 Å². The molecular weight excluding hydrogens is 382 g/mol. The zero-order valence-electron chi connectivity index (χ0n) is 17.4. The maximum absolute atomic E-state index is 13.4. The smallest absolute Gasteiger partial charge is 0.410 e. The summed E-state index contributed by atoms with van der Waals surface area (Å²) in [7, 11) is 3.11. The molecule has 2 aromatic rings. The first-order valence-corrected chi connectivity index (χ1v) is 10.4. The molecule has 2 aliphatic heterocycles. The molecule has 0 N–H and O–H groups in total. The van der Waals surface area contributed by atoms with Crippen molar-refractivity contribution in [3.05, 3.63) is 59.7 Å². The lowest BCUT2D eigenvalue weighted by Gasteiger charge is -2.37. The van der Waals surface area contributed by atoms with Crippen LogP contribution in [0, 0.1) is 5.92 Å². The fourth-order valence-corrected chi connectivity index (χ4v) is 4.78. The van der Waals surface area contributed by atoms with E-state index in [1.54, 1.807) is 26.4 Å². The van der Waals surface area contributed by atoms with E-state index in [-0.39, 0.29) is 36.5 Å². The third-order valence-electron chi connectivity index (χ3n) is 6.19. The first-order chi connectivity index (χ1) is 14.6. The monoisotopic (exact) mass is 409 g/mol. The van der Waals surface area contributed by atoms with Gasteiger partial charge in [-0.1, -0.05) is 36.4 Å². The normalized spacial score (nSPS) is 22.5. The van der Waals surface area contributed by atoms with Crippen molar-refractivity contribution in [2.45, 2.75) is 44.4 Å². The minimum atomic E-state index is -0.285. The van der Waals surface area contributed by atoms with E-state index in [4.69, 9.17) is 14.2 Å². The maximum Gasteiger partial charge on any atom is 0.410 e. The van der Waals surface area contributed by atoms with Crippen LogP contribution in [0.5, 0.6) is 11.5 Å². The van der Waals surface area contributed by atoms with E-state index >= 15 is 0 Å². The van der Waals surface area contributed by atoms with E-state index in [9.17, 15) is 9.59 Å². The summed E-state index contributed by atoms with van der Waals surface area (Å²) >= 11 is 0. The van der Waals surface area contributed by atoms with Crippen LogP contribution in [0.25, 0.3) is 0 Å². The van der Waals surface area contributed by atoms with Gasteiger partial charge in [0.15, 0.2) is 5.78 Å². The standard InChI is InChI=1S/C24H27NO5/c1-28-20-9-6-10-21(29-2)22(20)23(26)17-13-18-11-12-19(14-17)25(18)24(27)30-15-16-7-4-3-5-8-16/h3-10,17-19H,11-15H2,1-2H3. The van der Waals surface area contributed by atoms with Gasteiger partial charge in [0.05, 0.1) is 14.2 Å². The molecule has 1 amide bonds. The topological polar surface area (TPSA) is 65.1 Å². The van der Waals surface area contributed by atoms with Crippen LogP contribution in [0.4, 0.5) is 4.79 Å². The summed E-state index contributed by atoms with van der Waals surface area (Å²) in [6.07, 6.45) is 2.79. The quantitative estimate of drug-likeness (QED) is 0.659. The van der Waals surface area contributed by atoms with Crippen LogP contribution in [-0.2, 0) is 11.3 Å².